The molecule has 3 nitrogen and oxygen atoms in total. The molecule has 0 aliphatic heterocycles. The van der Waals surface area contributed by atoms with Crippen LogP contribution in [0, 0.1) is 5.92 Å². The normalized spacial score (nSPS) is 10.8. The molecule has 1 aromatic rings. The number of rotatable bonds is 8. The maximum absolute atomic E-state index is 5.61. The highest BCUT2D eigenvalue weighted by atomic mass is 16.5. The molecular weight excluding hydrogens is 212 g/mol. The van der Waals surface area contributed by atoms with Crippen molar-refractivity contribution in [3.63, 3.8) is 0 Å². The van der Waals surface area contributed by atoms with Crippen molar-refractivity contribution in [2.75, 3.05) is 18.5 Å². The van der Waals surface area contributed by atoms with Crippen molar-refractivity contribution in [2.45, 2.75) is 40.2 Å². The second-order valence-corrected chi connectivity index (χ2v) is 4.65. The lowest BCUT2D eigenvalue weighted by Gasteiger charge is -2.07. The molecule has 0 radical (unpaired) electrons. The lowest BCUT2D eigenvalue weighted by Crippen LogP contribution is -2.01. The summed E-state index contributed by atoms with van der Waals surface area (Å²) in [4.78, 5) is 4.29. The highest BCUT2D eigenvalue weighted by Crippen LogP contribution is 2.09. The summed E-state index contributed by atoms with van der Waals surface area (Å²) in [5.74, 6) is 0.758. The van der Waals surface area contributed by atoms with E-state index in [0.717, 1.165) is 36.9 Å². The van der Waals surface area contributed by atoms with E-state index < -0.39 is 0 Å². The lowest BCUT2D eigenvalue weighted by molar-refractivity contribution is 0.112. The van der Waals surface area contributed by atoms with Gasteiger partial charge in [0.1, 0.15) is 0 Å². The van der Waals surface area contributed by atoms with Crippen LogP contribution in [0.5, 0.6) is 0 Å². The Hall–Kier alpha value is -1.09. The van der Waals surface area contributed by atoms with Crippen LogP contribution in [0.25, 0.3) is 0 Å². The van der Waals surface area contributed by atoms with Gasteiger partial charge in [-0.3, -0.25) is 4.98 Å². The number of ether oxygens (including phenoxy) is 1. The molecule has 3 heteroatoms. The number of nitrogens with one attached hydrogen (secondary N) is 1. The fraction of sp³-hybridized carbons (Fsp3) is 0.643. The summed E-state index contributed by atoms with van der Waals surface area (Å²) in [6.45, 7) is 8.92. The van der Waals surface area contributed by atoms with Crippen LogP contribution in [-0.2, 0) is 11.3 Å². The first kappa shape index (κ1) is 14.0. The molecule has 1 heterocycles. The first-order valence-electron chi connectivity index (χ1n) is 6.49. The van der Waals surface area contributed by atoms with Gasteiger partial charge in [0.25, 0.3) is 0 Å². The van der Waals surface area contributed by atoms with E-state index in [-0.39, 0.29) is 0 Å². The van der Waals surface area contributed by atoms with Crippen molar-refractivity contribution in [1.29, 1.82) is 0 Å². The lowest BCUT2D eigenvalue weighted by atomic mass is 10.1. The number of nitrogens with zero attached hydrogens (tertiary/aromatic N) is 1. The van der Waals surface area contributed by atoms with Crippen LogP contribution in [0.4, 0.5) is 5.69 Å². The highest BCUT2D eigenvalue weighted by Gasteiger charge is 1.98. The Labute approximate surface area is 105 Å². The van der Waals surface area contributed by atoms with Crippen LogP contribution in [0.2, 0.25) is 0 Å². The monoisotopic (exact) mass is 236 g/mol. The fourth-order valence-electron chi connectivity index (χ4n) is 1.64. The molecule has 1 aromatic heterocycles. The minimum absolute atomic E-state index is 0.608. The number of hydrogen-bond acceptors (Lipinski definition) is 3. The zero-order valence-corrected chi connectivity index (χ0v) is 11.2. The van der Waals surface area contributed by atoms with Crippen molar-refractivity contribution in [3.05, 3.63) is 24.0 Å². The van der Waals surface area contributed by atoms with Crippen LogP contribution < -0.4 is 5.32 Å². The molecule has 0 fully saturated rings. The van der Waals surface area contributed by atoms with Gasteiger partial charge in [-0.2, -0.15) is 0 Å². The van der Waals surface area contributed by atoms with Crippen LogP contribution >= 0.6 is 0 Å². The Morgan fingerprint density at radius 1 is 1.41 bits per heavy atom. The average Bonchev–Trinajstić information content (AvgIpc) is 2.29. The van der Waals surface area contributed by atoms with Crippen molar-refractivity contribution in [3.8, 4) is 0 Å². The third-order valence-corrected chi connectivity index (χ3v) is 2.52. The molecule has 1 rings (SSSR count). The van der Waals surface area contributed by atoms with Crippen LogP contribution in [-0.4, -0.2) is 18.1 Å². The minimum atomic E-state index is 0.608. The van der Waals surface area contributed by atoms with Gasteiger partial charge in [0.15, 0.2) is 0 Å². The quantitative estimate of drug-likeness (QED) is 0.702. The first-order valence-corrected chi connectivity index (χ1v) is 6.49. The minimum Gasteiger partial charge on any atom is -0.385 e. The molecule has 0 saturated heterocycles. The van der Waals surface area contributed by atoms with Gasteiger partial charge < -0.3 is 10.1 Å². The molecule has 17 heavy (non-hydrogen) atoms. The van der Waals surface area contributed by atoms with Gasteiger partial charge in [0.2, 0.25) is 0 Å². The first-order chi connectivity index (χ1) is 8.22. The average molecular weight is 236 g/mol. The Bertz CT molecular complexity index is 313. The van der Waals surface area contributed by atoms with Crippen molar-refractivity contribution in [1.82, 2.24) is 4.98 Å². The largest absolute Gasteiger partial charge is 0.385 e. The maximum Gasteiger partial charge on any atom is 0.0888 e. The summed E-state index contributed by atoms with van der Waals surface area (Å²) < 4.78 is 5.61. The summed E-state index contributed by atoms with van der Waals surface area (Å²) in [5.41, 5.74) is 2.11. The molecular formula is C14H24N2O. The molecule has 0 aromatic carbocycles. The Balaban J connectivity index is 2.24. The molecule has 0 atom stereocenters. The molecule has 0 aliphatic rings. The third kappa shape index (κ3) is 6.27. The summed E-state index contributed by atoms with van der Waals surface area (Å²) >= 11 is 0. The number of aromatic nitrogens is 1. The second kappa shape index (κ2) is 8.07. The van der Waals surface area contributed by atoms with E-state index in [2.05, 4.69) is 31.1 Å². The smallest absolute Gasteiger partial charge is 0.0888 e. The van der Waals surface area contributed by atoms with Crippen LogP contribution in [0.3, 0.4) is 0 Å². The topological polar surface area (TPSA) is 34.2 Å². The Kier molecular flexibility index (Phi) is 6.63. The van der Waals surface area contributed by atoms with Crippen LogP contribution in [0.1, 0.15) is 39.3 Å². The van der Waals surface area contributed by atoms with Gasteiger partial charge in [-0.15, -0.1) is 0 Å². The summed E-state index contributed by atoms with van der Waals surface area (Å²) in [5, 5.41) is 3.27. The number of hydrogen-bond donors (Lipinski definition) is 1. The van der Waals surface area contributed by atoms with E-state index in [1.165, 1.54) is 6.42 Å². The van der Waals surface area contributed by atoms with E-state index in [4.69, 9.17) is 4.74 Å². The number of pyridine rings is 1. The van der Waals surface area contributed by atoms with Crippen LogP contribution in [0.15, 0.2) is 18.3 Å². The standard InChI is InChI=1S/C14H24N2O/c1-4-15-13-7-8-16-14(10-13)11-17-9-5-6-12(2)3/h7-8,10,12H,4-6,9,11H2,1-3H3,(H,15,16). The summed E-state index contributed by atoms with van der Waals surface area (Å²) in [7, 11) is 0. The van der Waals surface area contributed by atoms with Gasteiger partial charge in [-0.1, -0.05) is 13.8 Å². The van der Waals surface area contributed by atoms with E-state index in [1.54, 1.807) is 0 Å². The molecule has 0 unspecified atom stereocenters. The Morgan fingerprint density at radius 2 is 2.24 bits per heavy atom. The highest BCUT2D eigenvalue weighted by molar-refractivity contribution is 5.42. The van der Waals surface area contributed by atoms with Gasteiger partial charge in [-0.05, 0) is 37.8 Å². The van der Waals surface area contributed by atoms with E-state index in [9.17, 15) is 0 Å². The summed E-state index contributed by atoms with van der Waals surface area (Å²) in [6.07, 6.45) is 4.18. The third-order valence-electron chi connectivity index (χ3n) is 2.52. The van der Waals surface area contributed by atoms with Gasteiger partial charge in [0, 0.05) is 25.0 Å². The number of anilines is 1. The second-order valence-electron chi connectivity index (χ2n) is 4.65. The van der Waals surface area contributed by atoms with E-state index >= 15 is 0 Å². The predicted molar refractivity (Wildman–Crippen MR) is 72.1 cm³/mol. The zero-order valence-electron chi connectivity index (χ0n) is 11.2. The predicted octanol–water partition coefficient (Wildman–Crippen LogP) is 3.47. The molecule has 0 saturated carbocycles. The van der Waals surface area contributed by atoms with E-state index in [0.29, 0.717) is 6.61 Å². The molecule has 96 valence electrons. The molecule has 0 spiro atoms. The zero-order chi connectivity index (χ0) is 12.5. The molecule has 0 aliphatic carbocycles. The van der Waals surface area contributed by atoms with Crippen molar-refractivity contribution < 1.29 is 4.74 Å². The molecule has 1 N–H and O–H groups in total. The molecule has 0 amide bonds. The summed E-state index contributed by atoms with van der Waals surface area (Å²) in [6, 6.07) is 4.03. The van der Waals surface area contributed by atoms with Gasteiger partial charge in [-0.25, -0.2) is 0 Å². The van der Waals surface area contributed by atoms with Crippen molar-refractivity contribution >= 4 is 5.69 Å². The Morgan fingerprint density at radius 3 is 2.94 bits per heavy atom. The van der Waals surface area contributed by atoms with Gasteiger partial charge >= 0.3 is 0 Å². The van der Waals surface area contributed by atoms with Crippen molar-refractivity contribution in [2.24, 2.45) is 5.92 Å². The van der Waals surface area contributed by atoms with E-state index in [1.807, 2.05) is 18.3 Å². The van der Waals surface area contributed by atoms with Gasteiger partial charge in [0.05, 0.1) is 12.3 Å². The fourth-order valence-corrected chi connectivity index (χ4v) is 1.64. The SMILES string of the molecule is CCNc1ccnc(COCCCC(C)C)c1. The molecule has 0 bridgehead atoms. The maximum atomic E-state index is 5.61.